The molecule has 0 saturated heterocycles. The summed E-state index contributed by atoms with van der Waals surface area (Å²) in [5, 5.41) is 4.74. The minimum Gasteiger partial charge on any atom is -0.304 e. The fraction of sp³-hybridized carbons (Fsp3) is 0.111. The van der Waals surface area contributed by atoms with Crippen LogP contribution < -0.4 is 0 Å². The molecule has 0 unspecified atom stereocenters. The molecule has 0 fully saturated rings. The number of hydrogen-bond donors (Lipinski definition) is 0. The van der Waals surface area contributed by atoms with E-state index in [1.54, 1.807) is 0 Å². The second-order valence-electron chi connectivity index (χ2n) is 10.2. The van der Waals surface area contributed by atoms with Gasteiger partial charge >= 0.3 is 0 Å². The number of aromatic nitrogens is 2. The van der Waals surface area contributed by atoms with Gasteiger partial charge < -0.3 is 9.97 Å². The van der Waals surface area contributed by atoms with Crippen molar-refractivity contribution in [2.75, 3.05) is 0 Å². The Labute approximate surface area is 244 Å². The molecule has 4 aromatic carbocycles. The predicted molar refractivity (Wildman–Crippen MR) is 161 cm³/mol. The van der Waals surface area contributed by atoms with Crippen molar-refractivity contribution in [3.63, 3.8) is 0 Å². The van der Waals surface area contributed by atoms with Gasteiger partial charge in [-0.3, -0.25) is 0 Å². The summed E-state index contributed by atoms with van der Waals surface area (Å²) in [6, 6.07) is 39.7. The molecule has 0 amide bonds. The Morgan fingerprint density at radius 2 is 1.15 bits per heavy atom. The Morgan fingerprint density at radius 1 is 0.641 bits per heavy atom. The first-order valence-electron chi connectivity index (χ1n) is 12.8. The van der Waals surface area contributed by atoms with Gasteiger partial charge in [-0.15, -0.1) is 83.4 Å². The molecule has 0 atom stereocenters. The van der Waals surface area contributed by atoms with E-state index in [0.717, 1.165) is 33.5 Å². The molecule has 39 heavy (non-hydrogen) atoms. The summed E-state index contributed by atoms with van der Waals surface area (Å²) in [6.45, 7) is 10.4. The zero-order valence-electron chi connectivity index (χ0n) is 22.4. The zero-order chi connectivity index (χ0) is 26.5. The molecule has 2 heterocycles. The average molecular weight is 683 g/mol. The van der Waals surface area contributed by atoms with E-state index in [1.807, 2.05) is 60.9 Å². The first kappa shape index (κ1) is 28.1. The van der Waals surface area contributed by atoms with Gasteiger partial charge in [0.2, 0.25) is 0 Å². The van der Waals surface area contributed by atoms with Crippen molar-refractivity contribution in [1.29, 1.82) is 0 Å². The van der Waals surface area contributed by atoms with E-state index in [1.165, 1.54) is 21.7 Å². The zero-order valence-corrected chi connectivity index (χ0v) is 24.8. The van der Waals surface area contributed by atoms with Crippen molar-refractivity contribution in [2.24, 2.45) is 0 Å². The summed E-state index contributed by atoms with van der Waals surface area (Å²) < 4.78 is 0. The molecule has 0 N–H and O–H groups in total. The molecular formula is C36H30IrN2-2. The second-order valence-corrected chi connectivity index (χ2v) is 10.2. The van der Waals surface area contributed by atoms with Gasteiger partial charge in [-0.05, 0) is 50.5 Å². The molecule has 0 spiro atoms. The molecule has 195 valence electrons. The molecule has 2 nitrogen and oxygen atoms in total. The molecule has 6 rings (SSSR count). The molecule has 0 saturated carbocycles. The third-order valence-electron chi connectivity index (χ3n) is 6.61. The van der Waals surface area contributed by atoms with Crippen LogP contribution >= 0.6 is 0 Å². The van der Waals surface area contributed by atoms with E-state index in [2.05, 4.69) is 104 Å². The molecule has 0 bridgehead atoms. The van der Waals surface area contributed by atoms with Gasteiger partial charge in [0, 0.05) is 32.5 Å². The molecular weight excluding hydrogens is 653 g/mol. The molecule has 0 aliphatic carbocycles. The van der Waals surface area contributed by atoms with Crippen LogP contribution in [0.2, 0.25) is 0 Å². The maximum absolute atomic E-state index is 4.54. The Kier molecular flexibility index (Phi) is 8.86. The van der Waals surface area contributed by atoms with Crippen molar-refractivity contribution in [1.82, 2.24) is 9.97 Å². The number of rotatable bonds is 3. The minimum absolute atomic E-state index is 0. The van der Waals surface area contributed by atoms with Crippen LogP contribution in [0.15, 0.2) is 116 Å². The summed E-state index contributed by atoms with van der Waals surface area (Å²) >= 11 is 0. The predicted octanol–water partition coefficient (Wildman–Crippen LogP) is 9.34. The smallest absolute Gasteiger partial charge is 0.0167 e. The molecule has 6 aromatic rings. The van der Waals surface area contributed by atoms with E-state index in [-0.39, 0.29) is 25.5 Å². The normalized spacial score (nSPS) is 10.8. The summed E-state index contributed by atoms with van der Waals surface area (Å²) in [6.07, 6.45) is 5.52. The van der Waals surface area contributed by atoms with Gasteiger partial charge in [0.05, 0.1) is 0 Å². The van der Waals surface area contributed by atoms with E-state index >= 15 is 0 Å². The van der Waals surface area contributed by atoms with Gasteiger partial charge in [0.15, 0.2) is 0 Å². The van der Waals surface area contributed by atoms with E-state index < -0.39 is 0 Å². The maximum atomic E-state index is 4.54. The fourth-order valence-corrected chi connectivity index (χ4v) is 4.42. The molecule has 2 aromatic heterocycles. The third kappa shape index (κ3) is 6.39. The number of hydrogen-bond acceptors (Lipinski definition) is 2. The fourth-order valence-electron chi connectivity index (χ4n) is 4.42. The van der Waals surface area contributed by atoms with Gasteiger partial charge in [-0.1, -0.05) is 69.3 Å². The van der Waals surface area contributed by atoms with Gasteiger partial charge in [0.1, 0.15) is 0 Å². The topological polar surface area (TPSA) is 25.8 Å². The van der Waals surface area contributed by atoms with Crippen LogP contribution in [0, 0.1) is 12.1 Å². The van der Waals surface area contributed by atoms with Crippen molar-refractivity contribution in [3.8, 4) is 22.5 Å². The quantitative estimate of drug-likeness (QED) is 0.174. The van der Waals surface area contributed by atoms with Crippen molar-refractivity contribution in [2.45, 2.75) is 26.2 Å². The van der Waals surface area contributed by atoms with Crippen LogP contribution in [0.5, 0.6) is 0 Å². The summed E-state index contributed by atoms with van der Waals surface area (Å²) in [4.78, 5) is 9.01. The summed E-state index contributed by atoms with van der Waals surface area (Å²) in [7, 11) is 0. The van der Waals surface area contributed by atoms with Gasteiger partial charge in [0.25, 0.3) is 0 Å². The Bertz CT molecular complexity index is 1690. The molecule has 0 aliphatic heterocycles. The number of benzene rings is 4. The van der Waals surface area contributed by atoms with Crippen molar-refractivity contribution < 1.29 is 20.1 Å². The standard InChI is InChI=1S/C19H18N.C17H12N.Ir/c1-19(2,3)16-10-8-15(9-11-16)18-17-7-5-4-6-14(17)12-13-20-18;1-2-13-7-9-15(10-8-13)17-16-6-4-3-5-14(16)11-12-18-17;/h4-8,10-13H,1-3H3;2-9,11-12H,1H2;/q2*-1;. The number of nitrogens with zero attached hydrogens (tertiary/aromatic N) is 2. The first-order valence-corrected chi connectivity index (χ1v) is 12.8. The van der Waals surface area contributed by atoms with Crippen molar-refractivity contribution in [3.05, 3.63) is 139 Å². The van der Waals surface area contributed by atoms with Crippen molar-refractivity contribution >= 4 is 27.6 Å². The number of pyridine rings is 2. The molecule has 1 radical (unpaired) electrons. The van der Waals surface area contributed by atoms with E-state index in [9.17, 15) is 0 Å². The number of fused-ring (bicyclic) bond motifs is 2. The third-order valence-corrected chi connectivity index (χ3v) is 6.61. The van der Waals surface area contributed by atoms with Crippen LogP contribution in [0.1, 0.15) is 31.9 Å². The van der Waals surface area contributed by atoms with Crippen LogP contribution in [-0.4, -0.2) is 9.97 Å². The average Bonchev–Trinajstić information content (AvgIpc) is 2.96. The largest absolute Gasteiger partial charge is 0.304 e. The van der Waals surface area contributed by atoms with E-state index in [0.29, 0.717) is 0 Å². The Morgan fingerprint density at radius 3 is 1.59 bits per heavy atom. The second kappa shape index (κ2) is 12.3. The van der Waals surface area contributed by atoms with Gasteiger partial charge in [-0.25, -0.2) is 0 Å². The molecule has 0 aliphatic rings. The maximum Gasteiger partial charge on any atom is 0.0167 e. The van der Waals surface area contributed by atoms with E-state index in [4.69, 9.17) is 0 Å². The Hall–Kier alpha value is -3.91. The van der Waals surface area contributed by atoms with Crippen LogP contribution in [0.4, 0.5) is 0 Å². The minimum atomic E-state index is 0. The summed E-state index contributed by atoms with van der Waals surface area (Å²) in [5.41, 5.74) is 6.56. The SMILES string of the molecule is C=Cc1c[c-]c(-c2nccc3ccccc23)cc1.CC(C)(C)c1c[c-]c(-c2nccc3ccccc23)cc1.[Ir]. The van der Waals surface area contributed by atoms with Crippen LogP contribution in [0.25, 0.3) is 50.1 Å². The Balaban J connectivity index is 0.000000177. The van der Waals surface area contributed by atoms with Crippen LogP contribution in [0.3, 0.4) is 0 Å². The molecule has 3 heteroatoms. The summed E-state index contributed by atoms with van der Waals surface area (Å²) in [5.74, 6) is 0. The first-order chi connectivity index (χ1) is 18.4. The monoisotopic (exact) mass is 683 g/mol. The van der Waals surface area contributed by atoms with Gasteiger partial charge in [-0.2, -0.15) is 0 Å². The van der Waals surface area contributed by atoms with Crippen LogP contribution in [-0.2, 0) is 25.5 Å².